The van der Waals surface area contributed by atoms with E-state index in [-0.39, 0.29) is 11.5 Å². The van der Waals surface area contributed by atoms with Crippen LogP contribution in [0.2, 0.25) is 0 Å². The van der Waals surface area contributed by atoms with E-state index < -0.39 is 23.1 Å². The summed E-state index contributed by atoms with van der Waals surface area (Å²) < 4.78 is 31.2. The van der Waals surface area contributed by atoms with Crippen molar-refractivity contribution in [2.45, 2.75) is 37.1 Å². The second-order valence-electron chi connectivity index (χ2n) is 4.66. The van der Waals surface area contributed by atoms with Crippen molar-refractivity contribution in [3.8, 4) is 0 Å². The molecule has 6 heteroatoms. The van der Waals surface area contributed by atoms with Crippen LogP contribution in [0.5, 0.6) is 0 Å². The highest BCUT2D eigenvalue weighted by Crippen LogP contribution is 2.24. The van der Waals surface area contributed by atoms with E-state index >= 15 is 0 Å². The molecule has 0 aliphatic heterocycles. The topological polar surface area (TPSA) is 52.3 Å². The van der Waals surface area contributed by atoms with E-state index in [1.807, 2.05) is 0 Å². The number of ether oxygens (including phenoxy) is 1. The molecule has 0 heterocycles. The lowest BCUT2D eigenvalue weighted by atomic mass is 9.98. The van der Waals surface area contributed by atoms with E-state index in [0.717, 1.165) is 18.2 Å². The van der Waals surface area contributed by atoms with E-state index in [1.165, 1.54) is 11.8 Å². The first kappa shape index (κ1) is 16.9. The standard InChI is InChI=1S/C14H19F2NO2S/c1-3-19-13(18)14(2,17)7-4-8-20-12-9-10(15)5-6-11(12)16/h5-6,9H,3-4,7-8,17H2,1-2H3. The van der Waals surface area contributed by atoms with Crippen LogP contribution >= 0.6 is 11.8 Å². The lowest BCUT2D eigenvalue weighted by Gasteiger charge is -2.21. The minimum absolute atomic E-state index is 0.264. The van der Waals surface area contributed by atoms with Crippen LogP contribution in [0.4, 0.5) is 8.78 Å². The molecule has 0 radical (unpaired) electrons. The van der Waals surface area contributed by atoms with Gasteiger partial charge in [-0.3, -0.25) is 4.79 Å². The third-order valence-electron chi connectivity index (χ3n) is 2.73. The molecule has 3 nitrogen and oxygen atoms in total. The summed E-state index contributed by atoms with van der Waals surface area (Å²) in [5.41, 5.74) is 4.82. The number of benzene rings is 1. The SMILES string of the molecule is CCOC(=O)C(C)(N)CCCSc1cc(F)ccc1F. The molecule has 0 aliphatic rings. The molecule has 0 aliphatic carbocycles. The summed E-state index contributed by atoms with van der Waals surface area (Å²) in [6, 6.07) is 3.34. The maximum absolute atomic E-state index is 13.4. The van der Waals surface area contributed by atoms with Gasteiger partial charge < -0.3 is 10.5 Å². The van der Waals surface area contributed by atoms with E-state index in [1.54, 1.807) is 13.8 Å². The summed E-state index contributed by atoms with van der Waals surface area (Å²) in [6.45, 7) is 3.61. The summed E-state index contributed by atoms with van der Waals surface area (Å²) in [6.07, 6.45) is 1.03. The predicted molar refractivity (Wildman–Crippen MR) is 75.5 cm³/mol. The Labute approximate surface area is 121 Å². The summed E-state index contributed by atoms with van der Waals surface area (Å²) in [4.78, 5) is 11.8. The van der Waals surface area contributed by atoms with Gasteiger partial charge in [-0.25, -0.2) is 8.78 Å². The second kappa shape index (κ2) is 7.59. The first-order valence-corrected chi connectivity index (χ1v) is 7.39. The van der Waals surface area contributed by atoms with Crippen LogP contribution in [0.25, 0.3) is 0 Å². The monoisotopic (exact) mass is 303 g/mol. The first-order chi connectivity index (χ1) is 9.36. The molecule has 1 aromatic rings. The van der Waals surface area contributed by atoms with Crippen molar-refractivity contribution in [2.75, 3.05) is 12.4 Å². The molecule has 0 spiro atoms. The molecular formula is C14H19F2NO2S. The molecular weight excluding hydrogens is 284 g/mol. The van der Waals surface area contributed by atoms with Gasteiger partial charge in [0, 0.05) is 4.90 Å². The largest absolute Gasteiger partial charge is 0.465 e. The normalized spacial score (nSPS) is 13.8. The fourth-order valence-corrected chi connectivity index (χ4v) is 2.52. The van der Waals surface area contributed by atoms with E-state index in [4.69, 9.17) is 10.5 Å². The number of thioether (sulfide) groups is 1. The number of hydrogen-bond donors (Lipinski definition) is 1. The Kier molecular flexibility index (Phi) is 6.42. The number of esters is 1. The van der Waals surface area contributed by atoms with Crippen LogP contribution in [0.15, 0.2) is 23.1 Å². The summed E-state index contributed by atoms with van der Waals surface area (Å²) in [7, 11) is 0. The van der Waals surface area contributed by atoms with Crippen molar-refractivity contribution in [2.24, 2.45) is 5.73 Å². The van der Waals surface area contributed by atoms with Gasteiger partial charge in [-0.05, 0) is 50.6 Å². The predicted octanol–water partition coefficient (Wildman–Crippen LogP) is 3.12. The average Bonchev–Trinajstić information content (AvgIpc) is 2.39. The Bertz CT molecular complexity index is 466. The number of carbonyl (C=O) groups excluding carboxylic acids is 1. The van der Waals surface area contributed by atoms with Gasteiger partial charge in [-0.2, -0.15) is 0 Å². The van der Waals surface area contributed by atoms with Crippen molar-refractivity contribution in [1.29, 1.82) is 0 Å². The van der Waals surface area contributed by atoms with Crippen molar-refractivity contribution in [1.82, 2.24) is 0 Å². The number of carbonyl (C=O) groups is 1. The lowest BCUT2D eigenvalue weighted by Crippen LogP contribution is -2.46. The van der Waals surface area contributed by atoms with Crippen LogP contribution in [-0.2, 0) is 9.53 Å². The second-order valence-corrected chi connectivity index (χ2v) is 5.80. The van der Waals surface area contributed by atoms with Crippen LogP contribution in [0, 0.1) is 11.6 Å². The molecule has 1 rings (SSSR count). The van der Waals surface area contributed by atoms with Crippen LogP contribution in [-0.4, -0.2) is 23.9 Å². The van der Waals surface area contributed by atoms with Gasteiger partial charge in [-0.15, -0.1) is 11.8 Å². The third-order valence-corrected chi connectivity index (χ3v) is 3.85. The highest BCUT2D eigenvalue weighted by atomic mass is 32.2. The Hall–Kier alpha value is -1.14. The summed E-state index contributed by atoms with van der Waals surface area (Å²) in [5.74, 6) is -0.810. The highest BCUT2D eigenvalue weighted by Gasteiger charge is 2.29. The van der Waals surface area contributed by atoms with Gasteiger partial charge >= 0.3 is 5.97 Å². The molecule has 0 saturated heterocycles. The molecule has 0 fully saturated rings. The minimum Gasteiger partial charge on any atom is -0.465 e. The van der Waals surface area contributed by atoms with Gasteiger partial charge in [0.1, 0.15) is 17.2 Å². The average molecular weight is 303 g/mol. The molecule has 1 unspecified atom stereocenters. The molecule has 0 aromatic heterocycles. The van der Waals surface area contributed by atoms with Crippen molar-refractivity contribution in [3.63, 3.8) is 0 Å². The molecule has 1 aromatic carbocycles. The first-order valence-electron chi connectivity index (χ1n) is 6.41. The van der Waals surface area contributed by atoms with Crippen LogP contribution < -0.4 is 5.73 Å². The fraction of sp³-hybridized carbons (Fsp3) is 0.500. The molecule has 1 atom stereocenters. The Morgan fingerprint density at radius 3 is 2.80 bits per heavy atom. The molecule has 20 heavy (non-hydrogen) atoms. The maximum atomic E-state index is 13.4. The van der Waals surface area contributed by atoms with Gasteiger partial charge in [0.2, 0.25) is 0 Å². The smallest absolute Gasteiger partial charge is 0.325 e. The van der Waals surface area contributed by atoms with E-state index in [2.05, 4.69) is 0 Å². The molecule has 0 bridgehead atoms. The van der Waals surface area contributed by atoms with Gasteiger partial charge in [-0.1, -0.05) is 0 Å². The van der Waals surface area contributed by atoms with Crippen LogP contribution in [0.3, 0.4) is 0 Å². The molecule has 112 valence electrons. The fourth-order valence-electron chi connectivity index (χ4n) is 1.61. The summed E-state index contributed by atoms with van der Waals surface area (Å²) >= 11 is 1.20. The Morgan fingerprint density at radius 1 is 1.45 bits per heavy atom. The quantitative estimate of drug-likeness (QED) is 0.478. The molecule has 2 N–H and O–H groups in total. The van der Waals surface area contributed by atoms with E-state index in [9.17, 15) is 13.6 Å². The number of nitrogens with two attached hydrogens (primary N) is 1. The van der Waals surface area contributed by atoms with Gasteiger partial charge in [0.15, 0.2) is 0 Å². The van der Waals surface area contributed by atoms with E-state index in [0.29, 0.717) is 18.6 Å². The van der Waals surface area contributed by atoms with Crippen molar-refractivity contribution < 1.29 is 18.3 Å². The zero-order valence-electron chi connectivity index (χ0n) is 11.6. The molecule has 0 amide bonds. The lowest BCUT2D eigenvalue weighted by molar-refractivity contribution is -0.149. The van der Waals surface area contributed by atoms with Crippen LogP contribution in [0.1, 0.15) is 26.7 Å². The maximum Gasteiger partial charge on any atom is 0.325 e. The number of hydrogen-bond acceptors (Lipinski definition) is 4. The number of rotatable bonds is 7. The zero-order valence-corrected chi connectivity index (χ0v) is 12.4. The highest BCUT2D eigenvalue weighted by molar-refractivity contribution is 7.99. The Balaban J connectivity index is 2.41. The molecule has 0 saturated carbocycles. The summed E-state index contributed by atoms with van der Waals surface area (Å²) in [5, 5.41) is 0. The Morgan fingerprint density at radius 2 is 2.15 bits per heavy atom. The van der Waals surface area contributed by atoms with Gasteiger partial charge in [0.25, 0.3) is 0 Å². The number of halogens is 2. The van der Waals surface area contributed by atoms with Crippen molar-refractivity contribution in [3.05, 3.63) is 29.8 Å². The zero-order chi connectivity index (χ0) is 15.2. The van der Waals surface area contributed by atoms with Crippen molar-refractivity contribution >= 4 is 17.7 Å². The third kappa shape index (κ3) is 5.09. The minimum atomic E-state index is -1.04. The van der Waals surface area contributed by atoms with Gasteiger partial charge in [0.05, 0.1) is 6.61 Å².